The van der Waals surface area contributed by atoms with Gasteiger partial charge in [0, 0.05) is 12.7 Å². The van der Waals surface area contributed by atoms with E-state index in [1.54, 1.807) is 0 Å². The maximum absolute atomic E-state index is 5.50. The highest BCUT2D eigenvalue weighted by Gasteiger charge is 2.25. The molecular formula is C9H13N2OS+. The number of aromatic nitrogens is 2. The molecule has 0 bridgehead atoms. The van der Waals surface area contributed by atoms with Crippen molar-refractivity contribution in [2.24, 2.45) is 0 Å². The van der Waals surface area contributed by atoms with Crippen LogP contribution in [0.2, 0.25) is 0 Å². The Labute approximate surface area is 82.1 Å². The molecule has 3 nitrogen and oxygen atoms in total. The molecule has 0 aromatic carbocycles. The molecule has 0 N–H and O–H groups in total. The number of thioether (sulfide) groups is 1. The van der Waals surface area contributed by atoms with Crippen LogP contribution in [0.1, 0.15) is 12.7 Å². The summed E-state index contributed by atoms with van der Waals surface area (Å²) in [6.07, 6.45) is 1.82. The fraction of sp³-hybridized carbons (Fsp3) is 0.556. The van der Waals surface area contributed by atoms with E-state index in [0.717, 1.165) is 23.9 Å². The third-order valence-corrected chi connectivity index (χ3v) is 3.15. The van der Waals surface area contributed by atoms with Gasteiger partial charge in [0.2, 0.25) is 10.8 Å². The summed E-state index contributed by atoms with van der Waals surface area (Å²) in [6.45, 7) is 5.79. The first-order valence-electron chi connectivity index (χ1n) is 4.48. The van der Waals surface area contributed by atoms with Gasteiger partial charge in [0.05, 0.1) is 6.61 Å². The van der Waals surface area contributed by atoms with E-state index in [1.807, 2.05) is 31.8 Å². The fourth-order valence-electron chi connectivity index (χ4n) is 1.46. The van der Waals surface area contributed by atoms with Gasteiger partial charge in [0.25, 0.3) is 5.82 Å². The SMILES string of the molecule is CCOc1cnc(C)[n+]2c1SCC2. The number of nitrogens with zero attached hydrogens (tertiary/aromatic N) is 2. The molecule has 0 saturated carbocycles. The number of hydrogen-bond acceptors (Lipinski definition) is 3. The first-order chi connectivity index (χ1) is 6.33. The molecule has 0 amide bonds. The summed E-state index contributed by atoms with van der Waals surface area (Å²) >= 11 is 1.85. The molecule has 0 aliphatic carbocycles. The molecule has 1 aliphatic heterocycles. The van der Waals surface area contributed by atoms with Gasteiger partial charge in [-0.2, -0.15) is 0 Å². The van der Waals surface area contributed by atoms with Crippen molar-refractivity contribution in [2.45, 2.75) is 25.4 Å². The van der Waals surface area contributed by atoms with E-state index in [-0.39, 0.29) is 0 Å². The van der Waals surface area contributed by atoms with Crippen LogP contribution in [0.3, 0.4) is 0 Å². The van der Waals surface area contributed by atoms with Crippen molar-refractivity contribution < 1.29 is 9.30 Å². The molecule has 1 aromatic rings. The summed E-state index contributed by atoms with van der Waals surface area (Å²) in [5, 5.41) is 1.23. The van der Waals surface area contributed by atoms with Crippen LogP contribution in [0.25, 0.3) is 0 Å². The van der Waals surface area contributed by atoms with Crippen LogP contribution in [-0.4, -0.2) is 17.3 Å². The van der Waals surface area contributed by atoms with Crippen molar-refractivity contribution in [3.8, 4) is 5.75 Å². The molecule has 1 aliphatic rings. The molecule has 70 valence electrons. The number of rotatable bonds is 2. The largest absolute Gasteiger partial charge is 0.486 e. The van der Waals surface area contributed by atoms with E-state index in [9.17, 15) is 0 Å². The van der Waals surface area contributed by atoms with Crippen LogP contribution in [-0.2, 0) is 6.54 Å². The van der Waals surface area contributed by atoms with Crippen LogP contribution >= 0.6 is 11.8 Å². The van der Waals surface area contributed by atoms with Gasteiger partial charge in [-0.3, -0.25) is 0 Å². The minimum Gasteiger partial charge on any atom is -0.486 e. The minimum atomic E-state index is 0.707. The third kappa shape index (κ3) is 1.50. The molecule has 0 fully saturated rings. The summed E-state index contributed by atoms with van der Waals surface area (Å²) in [7, 11) is 0. The monoisotopic (exact) mass is 197 g/mol. The minimum absolute atomic E-state index is 0.707. The average Bonchev–Trinajstić information content (AvgIpc) is 2.59. The topological polar surface area (TPSA) is 26.0 Å². The molecule has 0 atom stereocenters. The lowest BCUT2D eigenvalue weighted by atomic mass is 10.5. The molecule has 0 spiro atoms. The number of aryl methyl sites for hydroxylation is 1. The molecule has 0 unspecified atom stereocenters. The summed E-state index contributed by atoms with van der Waals surface area (Å²) in [5.41, 5.74) is 0. The van der Waals surface area contributed by atoms with Crippen molar-refractivity contribution in [1.29, 1.82) is 0 Å². The second-order valence-corrected chi connectivity index (χ2v) is 3.99. The average molecular weight is 197 g/mol. The van der Waals surface area contributed by atoms with Gasteiger partial charge >= 0.3 is 0 Å². The molecule has 2 heterocycles. The van der Waals surface area contributed by atoms with Crippen LogP contribution < -0.4 is 9.30 Å². The molecule has 4 heteroatoms. The lowest BCUT2D eigenvalue weighted by Gasteiger charge is -2.03. The molecule has 2 rings (SSSR count). The first-order valence-corrected chi connectivity index (χ1v) is 5.46. The second kappa shape index (κ2) is 3.54. The van der Waals surface area contributed by atoms with Crippen LogP contribution in [0, 0.1) is 6.92 Å². The standard InChI is InChI=1S/C9H13N2OS/c1-3-12-8-6-10-7(2)11-4-5-13-9(8)11/h6H,3-5H2,1-2H3/q+1. The predicted molar refractivity (Wildman–Crippen MR) is 51.1 cm³/mol. The molecule has 13 heavy (non-hydrogen) atoms. The Kier molecular flexibility index (Phi) is 2.40. The predicted octanol–water partition coefficient (Wildman–Crippen LogP) is 1.18. The Hall–Kier alpha value is -0.770. The van der Waals surface area contributed by atoms with Crippen LogP contribution in [0.15, 0.2) is 11.2 Å². The highest BCUT2D eigenvalue weighted by Crippen LogP contribution is 2.28. The maximum atomic E-state index is 5.50. The maximum Gasteiger partial charge on any atom is 0.296 e. The van der Waals surface area contributed by atoms with E-state index in [0.29, 0.717) is 6.61 Å². The van der Waals surface area contributed by atoms with Gasteiger partial charge in [-0.15, -0.1) is 0 Å². The van der Waals surface area contributed by atoms with Crippen molar-refractivity contribution in [3.63, 3.8) is 0 Å². The van der Waals surface area contributed by atoms with Gasteiger partial charge in [0.1, 0.15) is 6.54 Å². The zero-order valence-corrected chi connectivity index (χ0v) is 8.73. The highest BCUT2D eigenvalue weighted by molar-refractivity contribution is 7.99. The fourth-order valence-corrected chi connectivity index (χ4v) is 2.56. The zero-order chi connectivity index (χ0) is 9.26. The van der Waals surface area contributed by atoms with Gasteiger partial charge in [-0.25, -0.2) is 4.57 Å². The Morgan fingerprint density at radius 3 is 3.31 bits per heavy atom. The lowest BCUT2D eigenvalue weighted by molar-refractivity contribution is -0.732. The van der Waals surface area contributed by atoms with Gasteiger partial charge < -0.3 is 4.74 Å². The van der Waals surface area contributed by atoms with Crippen molar-refractivity contribution in [1.82, 2.24) is 4.98 Å². The second-order valence-electron chi connectivity index (χ2n) is 2.91. The highest BCUT2D eigenvalue weighted by atomic mass is 32.2. The zero-order valence-electron chi connectivity index (χ0n) is 7.91. The Morgan fingerprint density at radius 1 is 1.69 bits per heavy atom. The van der Waals surface area contributed by atoms with E-state index >= 15 is 0 Å². The Bertz CT molecular complexity index is 328. The Balaban J connectivity index is 2.43. The van der Waals surface area contributed by atoms with Gasteiger partial charge in [-0.05, 0) is 6.92 Å². The summed E-state index contributed by atoms with van der Waals surface area (Å²) in [6, 6.07) is 0. The van der Waals surface area contributed by atoms with Gasteiger partial charge in [0.15, 0.2) is 6.20 Å². The summed E-state index contributed by atoms with van der Waals surface area (Å²) in [5.74, 6) is 3.13. The van der Waals surface area contributed by atoms with E-state index < -0.39 is 0 Å². The van der Waals surface area contributed by atoms with Crippen molar-refractivity contribution in [3.05, 3.63) is 12.0 Å². The Morgan fingerprint density at radius 2 is 2.54 bits per heavy atom. The molecular weight excluding hydrogens is 184 g/mol. The molecule has 0 radical (unpaired) electrons. The van der Waals surface area contributed by atoms with Crippen LogP contribution in [0.5, 0.6) is 5.75 Å². The quantitative estimate of drug-likeness (QED) is 0.526. The first kappa shape index (κ1) is 8.81. The number of ether oxygens (including phenoxy) is 1. The van der Waals surface area contributed by atoms with Crippen molar-refractivity contribution in [2.75, 3.05) is 12.4 Å². The number of hydrogen-bond donors (Lipinski definition) is 0. The van der Waals surface area contributed by atoms with E-state index in [2.05, 4.69) is 9.55 Å². The summed E-state index contributed by atoms with van der Waals surface area (Å²) in [4.78, 5) is 4.29. The summed E-state index contributed by atoms with van der Waals surface area (Å²) < 4.78 is 7.72. The lowest BCUT2D eigenvalue weighted by Crippen LogP contribution is -2.37. The van der Waals surface area contributed by atoms with E-state index in [1.165, 1.54) is 5.03 Å². The number of fused-ring (bicyclic) bond motifs is 1. The molecule has 0 saturated heterocycles. The smallest absolute Gasteiger partial charge is 0.296 e. The van der Waals surface area contributed by atoms with Crippen molar-refractivity contribution >= 4 is 11.8 Å². The van der Waals surface area contributed by atoms with E-state index in [4.69, 9.17) is 4.74 Å². The molecule has 1 aromatic heterocycles. The third-order valence-electron chi connectivity index (χ3n) is 2.07. The van der Waals surface area contributed by atoms with Crippen LogP contribution in [0.4, 0.5) is 0 Å². The van der Waals surface area contributed by atoms with Gasteiger partial charge in [-0.1, -0.05) is 16.7 Å². The normalized spacial score (nSPS) is 14.3.